The van der Waals surface area contributed by atoms with Crippen LogP contribution in [0.1, 0.15) is 16.2 Å². The maximum atomic E-state index is 12.3. The molecular formula is C12H12ClN3O3. The normalized spacial score (nSPS) is 10.7. The minimum atomic E-state index is -0.555. The highest BCUT2D eigenvalue weighted by molar-refractivity contribution is 6.17. The fourth-order valence-corrected chi connectivity index (χ4v) is 2.06. The molecule has 2 aromatic rings. The summed E-state index contributed by atoms with van der Waals surface area (Å²) in [6.45, 7) is 0. The Hall–Kier alpha value is -2.08. The summed E-state index contributed by atoms with van der Waals surface area (Å²) < 4.78 is 0.997. The fourth-order valence-electron chi connectivity index (χ4n) is 1.83. The predicted octanol–water partition coefficient (Wildman–Crippen LogP) is 1.34. The van der Waals surface area contributed by atoms with Gasteiger partial charge < -0.3 is 14.8 Å². The van der Waals surface area contributed by atoms with E-state index < -0.39 is 5.91 Å². The van der Waals surface area contributed by atoms with Crippen molar-refractivity contribution >= 4 is 28.5 Å². The Morgan fingerprint density at radius 3 is 2.63 bits per heavy atom. The van der Waals surface area contributed by atoms with Crippen LogP contribution in [0.4, 0.5) is 0 Å². The van der Waals surface area contributed by atoms with E-state index in [1.165, 1.54) is 31.1 Å². The highest BCUT2D eigenvalue weighted by atomic mass is 35.5. The minimum absolute atomic E-state index is 0.0472. The molecule has 0 saturated heterocycles. The van der Waals surface area contributed by atoms with Crippen LogP contribution < -0.4 is 4.43 Å². The molecule has 2 rings (SSSR count). The third kappa shape index (κ3) is 2.04. The average Bonchev–Trinajstić information content (AvgIpc) is 2.41. The number of amides is 1. The number of aromatic nitrogens is 2. The van der Waals surface area contributed by atoms with Crippen molar-refractivity contribution in [2.24, 2.45) is 0 Å². The van der Waals surface area contributed by atoms with Crippen LogP contribution in [0.25, 0.3) is 11.0 Å². The molecule has 0 aliphatic heterocycles. The number of para-hydroxylation sites is 2. The molecule has 1 aromatic carbocycles. The smallest absolute Gasteiger partial charge is 0.348 e. The molecule has 6 nitrogen and oxygen atoms in total. The molecule has 1 aromatic heterocycles. The van der Waals surface area contributed by atoms with Crippen LogP contribution in [0.3, 0.4) is 0 Å². The molecule has 1 amide bonds. The van der Waals surface area contributed by atoms with Crippen LogP contribution in [0, 0.1) is 10.1 Å². The molecule has 0 atom stereocenters. The van der Waals surface area contributed by atoms with E-state index in [0.29, 0.717) is 9.16 Å². The number of hydrogen-bond acceptors (Lipinski definition) is 3. The molecule has 0 bridgehead atoms. The lowest BCUT2D eigenvalue weighted by Crippen LogP contribution is -2.36. The van der Waals surface area contributed by atoms with Gasteiger partial charge in [0.25, 0.3) is 5.52 Å². The summed E-state index contributed by atoms with van der Waals surface area (Å²) in [4.78, 5) is 25.5. The molecule has 0 unspecified atom stereocenters. The molecule has 0 N–H and O–H groups in total. The van der Waals surface area contributed by atoms with Gasteiger partial charge in [0.2, 0.25) is 0 Å². The number of rotatable bonds is 2. The van der Waals surface area contributed by atoms with Gasteiger partial charge in [0.15, 0.2) is 0 Å². The maximum absolute atomic E-state index is 12.3. The van der Waals surface area contributed by atoms with Gasteiger partial charge >= 0.3 is 11.6 Å². The highest BCUT2D eigenvalue weighted by Crippen LogP contribution is 2.16. The zero-order chi connectivity index (χ0) is 14.2. The molecule has 100 valence electrons. The van der Waals surface area contributed by atoms with Crippen LogP contribution in [0.5, 0.6) is 0 Å². The summed E-state index contributed by atoms with van der Waals surface area (Å²) in [6.07, 6.45) is 0. The van der Waals surface area contributed by atoms with Crippen molar-refractivity contribution in [2.75, 3.05) is 14.1 Å². The van der Waals surface area contributed by atoms with Crippen molar-refractivity contribution in [3.05, 3.63) is 45.8 Å². The van der Waals surface area contributed by atoms with E-state index >= 15 is 0 Å². The predicted molar refractivity (Wildman–Crippen MR) is 71.6 cm³/mol. The molecule has 0 saturated carbocycles. The average molecular weight is 282 g/mol. The summed E-state index contributed by atoms with van der Waals surface area (Å²) in [5.74, 6) is -0.771. The number of benzene rings is 1. The molecule has 1 heterocycles. The van der Waals surface area contributed by atoms with Crippen molar-refractivity contribution in [1.29, 1.82) is 0 Å². The van der Waals surface area contributed by atoms with Crippen LogP contribution in [0.15, 0.2) is 24.3 Å². The van der Waals surface area contributed by atoms with Gasteiger partial charge in [-0.1, -0.05) is 12.1 Å². The molecule has 0 radical (unpaired) electrons. The number of nitrogens with zero attached hydrogens (tertiary/aromatic N) is 3. The fraction of sp³-hybridized carbons (Fsp3) is 0.250. The van der Waals surface area contributed by atoms with Crippen molar-refractivity contribution in [1.82, 2.24) is 9.63 Å². The first-order chi connectivity index (χ1) is 8.99. The SMILES string of the molecule is CN(C)C(=O)c1c(CCl)n([O-])c2ccccc2[n+]1=O. The highest BCUT2D eigenvalue weighted by Gasteiger charge is 2.29. The standard InChI is InChI=1S/C12H12ClN3O3/c1-14(2)12(17)11-10(7-13)15(18)8-5-3-4-6-9(8)16(11)19/h3-6H,7H2,1-2H3. The summed E-state index contributed by atoms with van der Waals surface area (Å²) >= 11 is 5.71. The number of fused-ring (bicyclic) bond motifs is 1. The summed E-state index contributed by atoms with van der Waals surface area (Å²) in [5, 5.41) is 12.2. The van der Waals surface area contributed by atoms with E-state index in [0.717, 1.165) is 0 Å². The van der Waals surface area contributed by atoms with Crippen molar-refractivity contribution in [3.8, 4) is 0 Å². The summed E-state index contributed by atoms with van der Waals surface area (Å²) in [6, 6.07) is 6.26. The van der Waals surface area contributed by atoms with Crippen molar-refractivity contribution in [3.63, 3.8) is 0 Å². The van der Waals surface area contributed by atoms with Crippen LogP contribution in [-0.4, -0.2) is 29.6 Å². The van der Waals surface area contributed by atoms with Gasteiger partial charge in [-0.25, -0.2) is 0 Å². The lowest BCUT2D eigenvalue weighted by Gasteiger charge is -2.18. The molecule has 19 heavy (non-hydrogen) atoms. The molecule has 0 fully saturated rings. The quantitative estimate of drug-likeness (QED) is 0.616. The number of carbonyl (C=O) groups is 1. The van der Waals surface area contributed by atoms with Crippen LogP contribution >= 0.6 is 11.6 Å². The van der Waals surface area contributed by atoms with E-state index in [2.05, 4.69) is 0 Å². The summed E-state index contributed by atoms with van der Waals surface area (Å²) in [5.41, 5.74) is 0.0304. The third-order valence-corrected chi connectivity index (χ3v) is 3.03. The van der Waals surface area contributed by atoms with Gasteiger partial charge in [-0.3, -0.25) is 4.79 Å². The van der Waals surface area contributed by atoms with Crippen LogP contribution in [-0.2, 0) is 5.88 Å². The van der Waals surface area contributed by atoms with Gasteiger partial charge in [-0.15, -0.1) is 11.6 Å². The molecule has 7 heteroatoms. The Kier molecular flexibility index (Phi) is 3.44. The van der Waals surface area contributed by atoms with Crippen molar-refractivity contribution in [2.45, 2.75) is 5.88 Å². The Morgan fingerprint density at radius 2 is 2.05 bits per heavy atom. The van der Waals surface area contributed by atoms with Gasteiger partial charge in [-0.2, -0.15) is 0 Å². The van der Waals surface area contributed by atoms with Crippen molar-refractivity contribution < 1.29 is 9.22 Å². The second-order valence-electron chi connectivity index (χ2n) is 4.21. The monoisotopic (exact) mass is 281 g/mol. The molecule has 0 aliphatic carbocycles. The zero-order valence-electron chi connectivity index (χ0n) is 10.5. The lowest BCUT2D eigenvalue weighted by molar-refractivity contribution is -0.468. The minimum Gasteiger partial charge on any atom is -0.805 e. The molecule has 0 aliphatic rings. The largest absolute Gasteiger partial charge is 0.805 e. The second-order valence-corrected chi connectivity index (χ2v) is 4.47. The van der Waals surface area contributed by atoms with Crippen LogP contribution in [0.2, 0.25) is 0 Å². The number of halogens is 1. The number of hydrogen-bond donors (Lipinski definition) is 0. The summed E-state index contributed by atoms with van der Waals surface area (Å²) in [7, 11) is 3.01. The first-order valence-electron chi connectivity index (χ1n) is 5.53. The van der Waals surface area contributed by atoms with Gasteiger partial charge in [0.1, 0.15) is 11.2 Å². The Labute approximate surface area is 114 Å². The second kappa shape index (κ2) is 4.89. The zero-order valence-corrected chi connectivity index (χ0v) is 11.2. The Balaban J connectivity index is 2.94. The van der Waals surface area contributed by atoms with Gasteiger partial charge in [0, 0.05) is 25.1 Å². The lowest BCUT2D eigenvalue weighted by atomic mass is 10.2. The third-order valence-electron chi connectivity index (χ3n) is 2.78. The number of carbonyl (C=O) groups excluding carboxylic acids is 1. The number of alkyl halides is 1. The maximum Gasteiger partial charge on any atom is 0.348 e. The van der Waals surface area contributed by atoms with E-state index in [1.54, 1.807) is 12.1 Å². The Bertz CT molecular complexity index is 709. The van der Waals surface area contributed by atoms with Gasteiger partial charge in [-0.05, 0) is 6.07 Å². The topological polar surface area (TPSA) is 71.3 Å². The van der Waals surface area contributed by atoms with E-state index in [-0.39, 0.29) is 28.3 Å². The molecule has 0 spiro atoms. The molecular weight excluding hydrogens is 270 g/mol. The van der Waals surface area contributed by atoms with E-state index in [1.807, 2.05) is 0 Å². The first kappa shape index (κ1) is 13.4. The van der Waals surface area contributed by atoms with E-state index in [4.69, 9.17) is 11.6 Å². The van der Waals surface area contributed by atoms with E-state index in [9.17, 15) is 14.9 Å². The van der Waals surface area contributed by atoms with Gasteiger partial charge in [0.05, 0.1) is 10.3 Å². The Morgan fingerprint density at radius 1 is 1.42 bits per heavy atom. The first-order valence-corrected chi connectivity index (χ1v) is 6.06.